The lowest BCUT2D eigenvalue weighted by molar-refractivity contribution is 0.0919. The predicted octanol–water partition coefficient (Wildman–Crippen LogP) is 5.05. The largest absolute Gasteiger partial charge is 0.489 e. The van der Waals surface area contributed by atoms with E-state index in [1.807, 2.05) is 57.2 Å². The summed E-state index contributed by atoms with van der Waals surface area (Å²) in [6.07, 6.45) is 0. The van der Waals surface area contributed by atoms with Crippen LogP contribution in [0, 0.1) is 0 Å². The van der Waals surface area contributed by atoms with Gasteiger partial charge in [-0.1, -0.05) is 36.4 Å². The Bertz CT molecular complexity index is 1010. The zero-order valence-electron chi connectivity index (χ0n) is 17.4. The minimum absolute atomic E-state index is 0.149. The van der Waals surface area contributed by atoms with Gasteiger partial charge in [-0.2, -0.15) is 0 Å². The van der Waals surface area contributed by atoms with Gasteiger partial charge >= 0.3 is 0 Å². The third-order valence-electron chi connectivity index (χ3n) is 4.24. The molecule has 0 bridgehead atoms. The van der Waals surface area contributed by atoms with Crippen LogP contribution in [-0.2, 0) is 6.61 Å². The normalized spacial score (nSPS) is 10.9. The fraction of sp³-hybridized carbons (Fsp3) is 0.200. The highest BCUT2D eigenvalue weighted by molar-refractivity contribution is 6.04. The molecule has 0 saturated carbocycles. The first-order chi connectivity index (χ1) is 14.3. The summed E-state index contributed by atoms with van der Waals surface area (Å²) in [7, 11) is 0. The van der Waals surface area contributed by atoms with E-state index in [-0.39, 0.29) is 17.4 Å². The van der Waals surface area contributed by atoms with Crippen LogP contribution in [0.15, 0.2) is 78.9 Å². The summed E-state index contributed by atoms with van der Waals surface area (Å²) in [5, 5.41) is 5.76. The van der Waals surface area contributed by atoms with Crippen LogP contribution in [0.4, 0.5) is 5.69 Å². The Labute approximate surface area is 177 Å². The van der Waals surface area contributed by atoms with Crippen LogP contribution in [0.1, 0.15) is 47.1 Å². The summed E-state index contributed by atoms with van der Waals surface area (Å²) in [4.78, 5) is 24.8. The first-order valence-electron chi connectivity index (χ1n) is 9.81. The zero-order valence-corrected chi connectivity index (χ0v) is 17.4. The Balaban J connectivity index is 1.61. The average molecular weight is 402 g/mol. The second-order valence-electron chi connectivity index (χ2n) is 8.04. The predicted molar refractivity (Wildman–Crippen MR) is 119 cm³/mol. The van der Waals surface area contributed by atoms with E-state index >= 15 is 0 Å². The van der Waals surface area contributed by atoms with E-state index < -0.39 is 0 Å². The van der Waals surface area contributed by atoms with Crippen LogP contribution in [0.3, 0.4) is 0 Å². The minimum Gasteiger partial charge on any atom is -0.489 e. The molecule has 0 aliphatic carbocycles. The van der Waals surface area contributed by atoms with E-state index in [0.717, 1.165) is 5.56 Å². The Morgan fingerprint density at radius 3 is 2.17 bits per heavy atom. The highest BCUT2D eigenvalue weighted by Gasteiger charge is 2.15. The van der Waals surface area contributed by atoms with Gasteiger partial charge in [0.25, 0.3) is 11.8 Å². The molecule has 0 unspecified atom stereocenters. The molecule has 0 fully saturated rings. The molecule has 0 aliphatic rings. The van der Waals surface area contributed by atoms with Crippen LogP contribution >= 0.6 is 0 Å². The van der Waals surface area contributed by atoms with E-state index in [4.69, 9.17) is 4.74 Å². The van der Waals surface area contributed by atoms with Gasteiger partial charge in [0.05, 0.1) is 0 Å². The molecule has 0 radical (unpaired) electrons. The van der Waals surface area contributed by atoms with Gasteiger partial charge in [0.15, 0.2) is 0 Å². The first-order valence-corrected chi connectivity index (χ1v) is 9.81. The van der Waals surface area contributed by atoms with Crippen molar-refractivity contribution >= 4 is 17.5 Å². The highest BCUT2D eigenvalue weighted by Crippen LogP contribution is 2.17. The summed E-state index contributed by atoms with van der Waals surface area (Å²) in [5.74, 6) is 0.233. The molecular weight excluding hydrogens is 376 g/mol. The van der Waals surface area contributed by atoms with Gasteiger partial charge in [0.2, 0.25) is 0 Å². The number of rotatable bonds is 6. The molecule has 3 aromatic carbocycles. The quantitative estimate of drug-likeness (QED) is 0.607. The van der Waals surface area contributed by atoms with Crippen molar-refractivity contribution in [2.24, 2.45) is 0 Å². The van der Waals surface area contributed by atoms with Crippen molar-refractivity contribution in [2.75, 3.05) is 5.32 Å². The molecule has 0 aromatic heterocycles. The second-order valence-corrected chi connectivity index (χ2v) is 8.04. The lowest BCUT2D eigenvalue weighted by Gasteiger charge is -2.20. The Hall–Kier alpha value is -3.60. The molecule has 3 rings (SSSR count). The summed E-state index contributed by atoms with van der Waals surface area (Å²) in [5.41, 5.74) is 2.40. The number of nitrogens with one attached hydrogen (secondary N) is 2. The molecule has 154 valence electrons. The summed E-state index contributed by atoms with van der Waals surface area (Å²) in [6, 6.07) is 23.7. The summed E-state index contributed by atoms with van der Waals surface area (Å²) < 4.78 is 5.79. The van der Waals surface area contributed by atoms with Crippen molar-refractivity contribution < 1.29 is 14.3 Å². The van der Waals surface area contributed by atoms with Gasteiger partial charge in [-0.25, -0.2) is 0 Å². The van der Waals surface area contributed by atoms with Crippen molar-refractivity contribution in [1.29, 1.82) is 0 Å². The molecule has 0 atom stereocenters. The fourth-order valence-electron chi connectivity index (χ4n) is 2.79. The van der Waals surface area contributed by atoms with E-state index in [1.54, 1.807) is 42.5 Å². The minimum atomic E-state index is -0.308. The number of anilines is 1. The molecule has 30 heavy (non-hydrogen) atoms. The zero-order chi connectivity index (χ0) is 21.6. The molecule has 2 N–H and O–H groups in total. The SMILES string of the molecule is CC(C)(C)NC(=O)c1ccc(NC(=O)c2cccc(OCc3ccccc3)c2)cc1. The van der Waals surface area contributed by atoms with E-state index in [1.165, 1.54) is 0 Å². The van der Waals surface area contributed by atoms with Crippen molar-refractivity contribution in [3.8, 4) is 5.75 Å². The van der Waals surface area contributed by atoms with Crippen LogP contribution in [0.5, 0.6) is 5.75 Å². The van der Waals surface area contributed by atoms with Crippen molar-refractivity contribution in [1.82, 2.24) is 5.32 Å². The molecule has 5 nitrogen and oxygen atoms in total. The molecule has 0 saturated heterocycles. The van der Waals surface area contributed by atoms with Gasteiger partial charge in [-0.15, -0.1) is 0 Å². The number of ether oxygens (including phenoxy) is 1. The molecule has 2 amide bonds. The maximum atomic E-state index is 12.6. The number of benzene rings is 3. The van der Waals surface area contributed by atoms with Gasteiger partial charge in [0, 0.05) is 22.4 Å². The standard InChI is InChI=1S/C25H26N2O3/c1-25(2,3)27-24(29)19-12-14-21(15-13-19)26-23(28)20-10-7-11-22(16-20)30-17-18-8-5-4-6-9-18/h4-16H,17H2,1-3H3,(H,26,28)(H,27,29). The van der Waals surface area contributed by atoms with Gasteiger partial charge < -0.3 is 15.4 Å². The highest BCUT2D eigenvalue weighted by atomic mass is 16.5. The van der Waals surface area contributed by atoms with Crippen molar-refractivity contribution in [3.63, 3.8) is 0 Å². The molecule has 0 aliphatic heterocycles. The maximum Gasteiger partial charge on any atom is 0.255 e. The number of amides is 2. The van der Waals surface area contributed by atoms with Crippen molar-refractivity contribution in [3.05, 3.63) is 95.6 Å². The summed E-state index contributed by atoms with van der Waals surface area (Å²) >= 11 is 0. The smallest absolute Gasteiger partial charge is 0.255 e. The third-order valence-corrected chi connectivity index (χ3v) is 4.24. The molecule has 0 spiro atoms. The number of hydrogen-bond acceptors (Lipinski definition) is 3. The third kappa shape index (κ3) is 6.21. The topological polar surface area (TPSA) is 67.4 Å². The first kappa shape index (κ1) is 21.1. The average Bonchev–Trinajstić information content (AvgIpc) is 2.72. The molecule has 5 heteroatoms. The van der Waals surface area contributed by atoms with Crippen LogP contribution in [-0.4, -0.2) is 17.4 Å². The van der Waals surface area contributed by atoms with E-state index in [9.17, 15) is 9.59 Å². The number of carbonyl (C=O) groups excluding carboxylic acids is 2. The summed E-state index contributed by atoms with van der Waals surface area (Å²) in [6.45, 7) is 6.22. The van der Waals surface area contributed by atoms with Gasteiger partial charge in [-0.3, -0.25) is 9.59 Å². The Kier molecular flexibility index (Phi) is 6.52. The number of carbonyl (C=O) groups is 2. The lowest BCUT2D eigenvalue weighted by Crippen LogP contribution is -2.40. The molecule has 3 aromatic rings. The van der Waals surface area contributed by atoms with E-state index in [2.05, 4.69) is 10.6 Å². The van der Waals surface area contributed by atoms with Gasteiger partial charge in [-0.05, 0) is 68.8 Å². The van der Waals surface area contributed by atoms with Crippen LogP contribution in [0.2, 0.25) is 0 Å². The van der Waals surface area contributed by atoms with E-state index in [0.29, 0.717) is 29.2 Å². The van der Waals surface area contributed by atoms with Crippen molar-refractivity contribution in [2.45, 2.75) is 32.9 Å². The lowest BCUT2D eigenvalue weighted by atomic mass is 10.1. The fourth-order valence-corrected chi connectivity index (χ4v) is 2.79. The molecule has 0 heterocycles. The number of hydrogen-bond donors (Lipinski definition) is 2. The molecular formula is C25H26N2O3. The van der Waals surface area contributed by atoms with Crippen LogP contribution < -0.4 is 15.4 Å². The van der Waals surface area contributed by atoms with Gasteiger partial charge in [0.1, 0.15) is 12.4 Å². The monoisotopic (exact) mass is 402 g/mol. The Morgan fingerprint density at radius 1 is 0.800 bits per heavy atom. The second kappa shape index (κ2) is 9.27. The van der Waals surface area contributed by atoms with Crippen LogP contribution in [0.25, 0.3) is 0 Å². The maximum absolute atomic E-state index is 12.6. The Morgan fingerprint density at radius 2 is 1.50 bits per heavy atom.